The molecule has 2 aliphatic rings. The van der Waals surface area contributed by atoms with Gasteiger partial charge in [0.2, 0.25) is 5.89 Å². The molecule has 2 heterocycles. The fourth-order valence-electron chi connectivity index (χ4n) is 3.31. The van der Waals surface area contributed by atoms with E-state index in [2.05, 4.69) is 28.8 Å². The first-order valence-electron chi connectivity index (χ1n) is 8.10. The molecule has 1 aliphatic carbocycles. The number of oxazole rings is 1. The van der Waals surface area contributed by atoms with Gasteiger partial charge in [-0.2, -0.15) is 0 Å². The van der Waals surface area contributed by atoms with Crippen LogP contribution in [0.2, 0.25) is 0 Å². The van der Waals surface area contributed by atoms with Gasteiger partial charge in [0.25, 0.3) is 0 Å². The molecule has 1 aliphatic heterocycles. The highest BCUT2D eigenvalue weighted by Crippen LogP contribution is 2.28. The molecule has 0 bridgehead atoms. The molecule has 0 radical (unpaired) electrons. The summed E-state index contributed by atoms with van der Waals surface area (Å²) in [6, 6.07) is 0.659. The summed E-state index contributed by atoms with van der Waals surface area (Å²) in [7, 11) is 2.20. The van der Waals surface area contributed by atoms with E-state index in [1.165, 1.54) is 45.3 Å². The number of aryl methyl sites for hydroxylation is 1. The van der Waals surface area contributed by atoms with Crippen LogP contribution in [0.25, 0.3) is 0 Å². The minimum absolute atomic E-state index is 0.659. The molecule has 1 aromatic heterocycles. The zero-order valence-corrected chi connectivity index (χ0v) is 12.8. The predicted molar refractivity (Wildman–Crippen MR) is 79.5 cm³/mol. The summed E-state index contributed by atoms with van der Waals surface area (Å²) in [4.78, 5) is 9.43. The second kappa shape index (κ2) is 6.27. The van der Waals surface area contributed by atoms with E-state index >= 15 is 0 Å². The van der Waals surface area contributed by atoms with E-state index < -0.39 is 0 Å². The first kappa shape index (κ1) is 14.1. The van der Waals surface area contributed by atoms with Crippen LogP contribution in [0, 0.1) is 5.92 Å². The second-order valence-corrected chi connectivity index (χ2v) is 6.49. The molecule has 1 saturated carbocycles. The Morgan fingerprint density at radius 2 is 2.25 bits per heavy atom. The SMILES string of the molecule is CCc1cnc(CN(C)[C@H]2CCN(CC3CCC3)C2)o1. The lowest BCUT2D eigenvalue weighted by Gasteiger charge is -2.30. The van der Waals surface area contributed by atoms with Crippen molar-refractivity contribution in [3.63, 3.8) is 0 Å². The van der Waals surface area contributed by atoms with Gasteiger partial charge in [-0.15, -0.1) is 0 Å². The van der Waals surface area contributed by atoms with Gasteiger partial charge in [0, 0.05) is 25.6 Å². The Morgan fingerprint density at radius 3 is 2.90 bits per heavy atom. The van der Waals surface area contributed by atoms with E-state index in [1.54, 1.807) is 0 Å². The minimum Gasteiger partial charge on any atom is -0.444 e. The normalized spacial score (nSPS) is 24.4. The van der Waals surface area contributed by atoms with Gasteiger partial charge in [0.1, 0.15) is 5.76 Å². The lowest BCUT2D eigenvalue weighted by Crippen LogP contribution is -2.36. The maximum Gasteiger partial charge on any atom is 0.208 e. The van der Waals surface area contributed by atoms with E-state index in [0.717, 1.165) is 30.5 Å². The Kier molecular flexibility index (Phi) is 4.41. The molecular weight excluding hydrogens is 250 g/mol. The Hall–Kier alpha value is -0.870. The molecule has 4 nitrogen and oxygen atoms in total. The molecule has 4 heteroatoms. The molecule has 3 rings (SSSR count). The lowest BCUT2D eigenvalue weighted by atomic mass is 9.85. The van der Waals surface area contributed by atoms with Crippen molar-refractivity contribution in [3.05, 3.63) is 17.8 Å². The molecule has 0 amide bonds. The largest absolute Gasteiger partial charge is 0.444 e. The number of nitrogens with zero attached hydrogens (tertiary/aromatic N) is 3. The van der Waals surface area contributed by atoms with Crippen LogP contribution in [-0.2, 0) is 13.0 Å². The smallest absolute Gasteiger partial charge is 0.208 e. The Morgan fingerprint density at radius 1 is 1.40 bits per heavy atom. The molecule has 20 heavy (non-hydrogen) atoms. The summed E-state index contributed by atoms with van der Waals surface area (Å²) in [5, 5.41) is 0. The number of rotatable bonds is 6. The summed E-state index contributed by atoms with van der Waals surface area (Å²) >= 11 is 0. The van der Waals surface area contributed by atoms with Crippen molar-refractivity contribution in [1.82, 2.24) is 14.8 Å². The fraction of sp³-hybridized carbons (Fsp3) is 0.812. The van der Waals surface area contributed by atoms with Crippen LogP contribution in [0.1, 0.15) is 44.3 Å². The van der Waals surface area contributed by atoms with Crippen molar-refractivity contribution in [2.24, 2.45) is 5.92 Å². The minimum atomic E-state index is 0.659. The highest BCUT2D eigenvalue weighted by atomic mass is 16.4. The summed E-state index contributed by atoms with van der Waals surface area (Å²) in [5.74, 6) is 2.84. The number of hydrogen-bond donors (Lipinski definition) is 0. The van der Waals surface area contributed by atoms with E-state index in [-0.39, 0.29) is 0 Å². The van der Waals surface area contributed by atoms with Crippen LogP contribution in [0.15, 0.2) is 10.6 Å². The topological polar surface area (TPSA) is 32.5 Å². The Balaban J connectivity index is 1.46. The van der Waals surface area contributed by atoms with Crippen LogP contribution < -0.4 is 0 Å². The van der Waals surface area contributed by atoms with Gasteiger partial charge in [-0.25, -0.2) is 4.98 Å². The number of likely N-dealkylation sites (N-methyl/N-ethyl adjacent to an activating group) is 1. The Bertz CT molecular complexity index is 427. The molecule has 1 aromatic rings. The van der Waals surface area contributed by atoms with E-state index in [0.29, 0.717) is 6.04 Å². The third-order valence-corrected chi connectivity index (χ3v) is 4.95. The van der Waals surface area contributed by atoms with Crippen molar-refractivity contribution in [2.75, 3.05) is 26.7 Å². The molecule has 112 valence electrons. The maximum absolute atomic E-state index is 5.71. The lowest BCUT2D eigenvalue weighted by molar-refractivity contribution is 0.176. The van der Waals surface area contributed by atoms with Crippen molar-refractivity contribution >= 4 is 0 Å². The molecule has 1 atom stereocenters. The summed E-state index contributed by atoms with van der Waals surface area (Å²) in [6.45, 7) is 6.74. The highest BCUT2D eigenvalue weighted by Gasteiger charge is 2.29. The van der Waals surface area contributed by atoms with Crippen LogP contribution in [0.3, 0.4) is 0 Å². The first-order chi connectivity index (χ1) is 9.74. The number of hydrogen-bond acceptors (Lipinski definition) is 4. The zero-order valence-electron chi connectivity index (χ0n) is 12.8. The molecular formula is C16H27N3O. The van der Waals surface area contributed by atoms with Gasteiger partial charge in [-0.3, -0.25) is 4.90 Å². The first-order valence-corrected chi connectivity index (χ1v) is 8.10. The van der Waals surface area contributed by atoms with Crippen LogP contribution in [0.5, 0.6) is 0 Å². The molecule has 0 N–H and O–H groups in total. The fourth-order valence-corrected chi connectivity index (χ4v) is 3.31. The molecule has 2 fully saturated rings. The van der Waals surface area contributed by atoms with Crippen LogP contribution in [-0.4, -0.2) is 47.5 Å². The van der Waals surface area contributed by atoms with E-state index in [4.69, 9.17) is 4.42 Å². The van der Waals surface area contributed by atoms with Gasteiger partial charge in [0.15, 0.2) is 0 Å². The van der Waals surface area contributed by atoms with Gasteiger partial charge in [-0.1, -0.05) is 13.3 Å². The third-order valence-electron chi connectivity index (χ3n) is 4.95. The van der Waals surface area contributed by atoms with Gasteiger partial charge < -0.3 is 9.32 Å². The van der Waals surface area contributed by atoms with Gasteiger partial charge in [0.05, 0.1) is 12.7 Å². The number of likely N-dealkylation sites (tertiary alicyclic amines) is 1. The molecule has 0 aromatic carbocycles. The average molecular weight is 277 g/mol. The van der Waals surface area contributed by atoms with Crippen molar-refractivity contribution < 1.29 is 4.42 Å². The van der Waals surface area contributed by atoms with Gasteiger partial charge in [-0.05, 0) is 38.8 Å². The summed E-state index contributed by atoms with van der Waals surface area (Å²) in [6.07, 6.45) is 8.42. The quantitative estimate of drug-likeness (QED) is 0.800. The monoisotopic (exact) mass is 277 g/mol. The third kappa shape index (κ3) is 3.23. The molecule has 1 saturated heterocycles. The van der Waals surface area contributed by atoms with Crippen molar-refractivity contribution in [1.29, 1.82) is 0 Å². The van der Waals surface area contributed by atoms with Gasteiger partial charge >= 0.3 is 0 Å². The summed E-state index contributed by atoms with van der Waals surface area (Å²) in [5.41, 5.74) is 0. The van der Waals surface area contributed by atoms with Crippen LogP contribution in [0.4, 0.5) is 0 Å². The number of aromatic nitrogens is 1. The van der Waals surface area contributed by atoms with E-state index in [1.807, 2.05) is 6.20 Å². The maximum atomic E-state index is 5.71. The highest BCUT2D eigenvalue weighted by molar-refractivity contribution is 4.94. The molecule has 0 unspecified atom stereocenters. The Labute approximate surface area is 122 Å². The van der Waals surface area contributed by atoms with Crippen LogP contribution >= 0.6 is 0 Å². The standard InChI is InChI=1S/C16H27N3O/c1-3-15-9-17-16(20-15)12-18(2)14-7-8-19(11-14)10-13-5-4-6-13/h9,13-14H,3-8,10-12H2,1-2H3/t14-/m0/s1. The summed E-state index contributed by atoms with van der Waals surface area (Å²) < 4.78 is 5.71. The predicted octanol–water partition coefficient (Wildman–Crippen LogP) is 2.54. The second-order valence-electron chi connectivity index (χ2n) is 6.49. The molecule has 0 spiro atoms. The van der Waals surface area contributed by atoms with Crippen molar-refractivity contribution in [3.8, 4) is 0 Å². The van der Waals surface area contributed by atoms with E-state index in [9.17, 15) is 0 Å². The zero-order chi connectivity index (χ0) is 13.9. The average Bonchev–Trinajstić information content (AvgIpc) is 3.02. The van der Waals surface area contributed by atoms with Crippen molar-refractivity contribution in [2.45, 2.75) is 51.6 Å².